The number of nitrogens with zero attached hydrogens (tertiary/aromatic N) is 5. The molecular weight excluding hydrogens is 408 g/mol. The molecule has 1 amide bonds. The molecule has 0 radical (unpaired) electrons. The van der Waals surface area contributed by atoms with E-state index in [0.29, 0.717) is 16.7 Å². The summed E-state index contributed by atoms with van der Waals surface area (Å²) >= 11 is 1.52. The highest BCUT2D eigenvalue weighted by Crippen LogP contribution is 2.24. The topological polar surface area (TPSA) is 89.4 Å². The number of rotatable bonds is 4. The van der Waals surface area contributed by atoms with Crippen LogP contribution in [-0.4, -0.2) is 49.5 Å². The van der Waals surface area contributed by atoms with Gasteiger partial charge in [0, 0.05) is 41.8 Å². The number of likely N-dealkylation sites (tertiary alicyclic amines) is 1. The Hall–Kier alpha value is -2.16. The first kappa shape index (κ1) is 21.5. The zero-order valence-electron chi connectivity index (χ0n) is 16.5. The summed E-state index contributed by atoms with van der Waals surface area (Å²) in [6.45, 7) is 5.38. The molecule has 1 saturated heterocycles. The van der Waals surface area contributed by atoms with Crippen LogP contribution < -0.4 is 5.73 Å². The highest BCUT2D eigenvalue weighted by molar-refractivity contribution is 7.98. The minimum atomic E-state index is 0. The maximum absolute atomic E-state index is 13.0. The Bertz CT molecular complexity index is 1020. The van der Waals surface area contributed by atoms with E-state index in [1.54, 1.807) is 4.52 Å². The molecule has 1 aliphatic heterocycles. The fourth-order valence-electron chi connectivity index (χ4n) is 3.48. The van der Waals surface area contributed by atoms with Crippen LogP contribution in [0.15, 0.2) is 35.5 Å². The summed E-state index contributed by atoms with van der Waals surface area (Å²) < 4.78 is 1.75. The van der Waals surface area contributed by atoms with E-state index in [4.69, 9.17) is 5.73 Å². The number of carbonyl (C=O) groups is 1. The molecule has 154 valence electrons. The highest BCUT2D eigenvalue weighted by atomic mass is 35.5. The van der Waals surface area contributed by atoms with E-state index in [2.05, 4.69) is 15.1 Å². The predicted octanol–water partition coefficient (Wildman–Crippen LogP) is 3.02. The predicted molar refractivity (Wildman–Crippen MR) is 117 cm³/mol. The molecule has 1 aromatic carbocycles. The fraction of sp³-hybridized carbons (Fsp3) is 0.400. The molecule has 0 unspecified atom stereocenters. The minimum absolute atomic E-state index is 0. The van der Waals surface area contributed by atoms with E-state index in [-0.39, 0.29) is 24.4 Å². The number of thioether (sulfide) groups is 1. The minimum Gasteiger partial charge on any atom is -0.339 e. The van der Waals surface area contributed by atoms with Crippen molar-refractivity contribution in [2.45, 2.75) is 43.6 Å². The monoisotopic (exact) mass is 432 g/mol. The highest BCUT2D eigenvalue weighted by Gasteiger charge is 2.23. The van der Waals surface area contributed by atoms with E-state index in [9.17, 15) is 4.79 Å². The van der Waals surface area contributed by atoms with Crippen molar-refractivity contribution in [1.82, 2.24) is 24.5 Å². The zero-order chi connectivity index (χ0) is 19.7. The molecule has 9 heteroatoms. The molecule has 2 N–H and O–H groups in total. The number of aromatic nitrogens is 4. The molecule has 0 bridgehead atoms. The van der Waals surface area contributed by atoms with Crippen LogP contribution in [0.4, 0.5) is 0 Å². The largest absolute Gasteiger partial charge is 0.339 e. The Labute approximate surface area is 180 Å². The van der Waals surface area contributed by atoms with Crippen molar-refractivity contribution >= 4 is 35.9 Å². The molecule has 0 spiro atoms. The maximum atomic E-state index is 13.0. The third-order valence-electron chi connectivity index (χ3n) is 5.03. The summed E-state index contributed by atoms with van der Waals surface area (Å²) in [5.74, 6) is 1.32. The van der Waals surface area contributed by atoms with Gasteiger partial charge in [-0.05, 0) is 44.4 Å². The smallest absolute Gasteiger partial charge is 0.254 e. The van der Waals surface area contributed by atoms with Crippen LogP contribution in [0, 0.1) is 13.8 Å². The number of hydrogen-bond acceptors (Lipinski definition) is 6. The van der Waals surface area contributed by atoms with Gasteiger partial charge in [0.2, 0.25) is 5.16 Å². The molecular formula is C20H25ClN6OS. The summed E-state index contributed by atoms with van der Waals surface area (Å²) in [6, 6.07) is 9.96. The van der Waals surface area contributed by atoms with Crippen LogP contribution in [-0.2, 0) is 5.75 Å². The van der Waals surface area contributed by atoms with E-state index < -0.39 is 0 Å². The third-order valence-corrected chi connectivity index (χ3v) is 5.92. The third kappa shape index (κ3) is 4.71. The van der Waals surface area contributed by atoms with Crippen LogP contribution in [0.3, 0.4) is 0 Å². The van der Waals surface area contributed by atoms with Gasteiger partial charge in [0.1, 0.15) is 0 Å². The van der Waals surface area contributed by atoms with Crippen molar-refractivity contribution < 1.29 is 4.79 Å². The zero-order valence-corrected chi connectivity index (χ0v) is 18.2. The molecule has 0 aliphatic carbocycles. The van der Waals surface area contributed by atoms with Crippen LogP contribution in [0.5, 0.6) is 0 Å². The summed E-state index contributed by atoms with van der Waals surface area (Å²) in [5.41, 5.74) is 9.63. The number of benzene rings is 1. The van der Waals surface area contributed by atoms with Gasteiger partial charge in [-0.1, -0.05) is 30.0 Å². The Morgan fingerprint density at radius 2 is 1.93 bits per heavy atom. The molecule has 1 fully saturated rings. The Morgan fingerprint density at radius 3 is 2.69 bits per heavy atom. The van der Waals surface area contributed by atoms with E-state index in [1.165, 1.54) is 11.8 Å². The van der Waals surface area contributed by atoms with Crippen LogP contribution in [0.25, 0.3) is 5.78 Å². The van der Waals surface area contributed by atoms with Crippen molar-refractivity contribution in [3.05, 3.63) is 52.8 Å². The standard InChI is InChI=1S/C20H24N6OS.ClH/c1-13-11-14(2)26-19(22-13)23-20(24-26)28-12-15-5-3-4-6-17(15)18(27)25-9-7-16(21)8-10-25;/h3-6,11,16H,7-10,12,21H2,1-2H3;1H. The van der Waals surface area contributed by atoms with Crippen molar-refractivity contribution in [2.75, 3.05) is 13.1 Å². The summed E-state index contributed by atoms with van der Waals surface area (Å²) in [6.07, 6.45) is 1.72. The van der Waals surface area contributed by atoms with Crippen LogP contribution >= 0.6 is 24.2 Å². The molecule has 29 heavy (non-hydrogen) atoms. The number of fused-ring (bicyclic) bond motifs is 1. The lowest BCUT2D eigenvalue weighted by molar-refractivity contribution is 0.0714. The van der Waals surface area contributed by atoms with Gasteiger partial charge in [-0.25, -0.2) is 9.50 Å². The number of halogens is 1. The van der Waals surface area contributed by atoms with Gasteiger partial charge in [-0.2, -0.15) is 4.98 Å². The number of nitrogens with two attached hydrogens (primary N) is 1. The number of piperidine rings is 1. The molecule has 2 aromatic heterocycles. The van der Waals surface area contributed by atoms with Gasteiger partial charge in [0.25, 0.3) is 11.7 Å². The molecule has 1 aliphatic rings. The Kier molecular flexibility index (Phi) is 6.77. The maximum Gasteiger partial charge on any atom is 0.254 e. The summed E-state index contributed by atoms with van der Waals surface area (Å²) in [5, 5.41) is 5.20. The Balaban J connectivity index is 0.00000240. The summed E-state index contributed by atoms with van der Waals surface area (Å²) in [7, 11) is 0. The van der Waals surface area contributed by atoms with Crippen molar-refractivity contribution in [2.24, 2.45) is 5.73 Å². The van der Waals surface area contributed by atoms with Gasteiger partial charge in [0.15, 0.2) is 0 Å². The molecule has 0 atom stereocenters. The average molecular weight is 433 g/mol. The Morgan fingerprint density at radius 1 is 1.21 bits per heavy atom. The number of carbonyl (C=O) groups excluding carboxylic acids is 1. The number of amides is 1. The second-order valence-corrected chi connectivity index (χ2v) is 8.16. The normalized spacial score (nSPS) is 14.8. The average Bonchev–Trinajstić information content (AvgIpc) is 3.10. The quantitative estimate of drug-likeness (QED) is 0.637. The van der Waals surface area contributed by atoms with Gasteiger partial charge in [-0.3, -0.25) is 4.79 Å². The van der Waals surface area contributed by atoms with E-state index in [1.807, 2.05) is 49.1 Å². The molecule has 3 heterocycles. The second-order valence-electron chi connectivity index (χ2n) is 7.22. The first-order valence-corrected chi connectivity index (χ1v) is 10.5. The molecule has 7 nitrogen and oxygen atoms in total. The lowest BCUT2D eigenvalue weighted by Gasteiger charge is -2.30. The van der Waals surface area contributed by atoms with Crippen molar-refractivity contribution in [1.29, 1.82) is 0 Å². The second kappa shape index (κ2) is 9.11. The van der Waals surface area contributed by atoms with Gasteiger partial charge in [0.05, 0.1) is 0 Å². The van der Waals surface area contributed by atoms with Gasteiger partial charge < -0.3 is 10.6 Å². The SMILES string of the molecule is Cc1cc(C)n2nc(SCc3ccccc3C(=O)N3CCC(N)CC3)nc2n1.Cl. The molecule has 4 rings (SSSR count). The lowest BCUT2D eigenvalue weighted by Crippen LogP contribution is -2.43. The summed E-state index contributed by atoms with van der Waals surface area (Å²) in [4.78, 5) is 23.8. The van der Waals surface area contributed by atoms with Gasteiger partial charge in [-0.15, -0.1) is 17.5 Å². The van der Waals surface area contributed by atoms with E-state index in [0.717, 1.165) is 48.4 Å². The van der Waals surface area contributed by atoms with Gasteiger partial charge >= 0.3 is 0 Å². The molecule has 3 aromatic rings. The van der Waals surface area contributed by atoms with Crippen LogP contribution in [0.1, 0.15) is 40.2 Å². The van der Waals surface area contributed by atoms with Crippen molar-refractivity contribution in [3.63, 3.8) is 0 Å². The van der Waals surface area contributed by atoms with Crippen molar-refractivity contribution in [3.8, 4) is 0 Å². The van der Waals surface area contributed by atoms with Crippen LogP contribution in [0.2, 0.25) is 0 Å². The lowest BCUT2D eigenvalue weighted by atomic mass is 10.0. The van der Waals surface area contributed by atoms with E-state index >= 15 is 0 Å². The fourth-order valence-corrected chi connectivity index (χ4v) is 4.30. The first-order valence-electron chi connectivity index (χ1n) is 9.48. The number of aryl methyl sites for hydroxylation is 2. The molecule has 0 saturated carbocycles. The first-order chi connectivity index (χ1) is 13.5. The number of hydrogen-bond donors (Lipinski definition) is 1.